The first-order valence-corrected chi connectivity index (χ1v) is 18.7. The van der Waals surface area contributed by atoms with Gasteiger partial charge >= 0.3 is 0 Å². The molecule has 0 radical (unpaired) electrons. The molecule has 0 fully saturated rings. The maximum atomic E-state index is 5.01. The molecule has 272 valence electrons. The van der Waals surface area contributed by atoms with E-state index in [9.17, 15) is 0 Å². The van der Waals surface area contributed by atoms with E-state index in [4.69, 9.17) is 4.98 Å². The van der Waals surface area contributed by atoms with E-state index >= 15 is 0 Å². The molecule has 3 heterocycles. The van der Waals surface area contributed by atoms with Crippen molar-refractivity contribution in [1.29, 1.82) is 0 Å². The minimum Gasteiger partial charge on any atom is -0.319 e. The topological polar surface area (TPSA) is 27.7 Å². The van der Waals surface area contributed by atoms with Crippen LogP contribution in [0.3, 0.4) is 0 Å². The molecule has 0 aliphatic rings. The van der Waals surface area contributed by atoms with Gasteiger partial charge in [-0.1, -0.05) is 115 Å². The number of benzene rings is 7. The molecule has 10 rings (SSSR count). The summed E-state index contributed by atoms with van der Waals surface area (Å²) in [5.41, 5.74) is 12.4. The quantitative estimate of drug-likeness (QED) is 0.116. The molecule has 0 aliphatic carbocycles. The van der Waals surface area contributed by atoms with Gasteiger partial charge in [-0.15, -0.1) is 22.6 Å². The van der Waals surface area contributed by atoms with Crippen LogP contribution >= 0.6 is 0 Å². The Labute approximate surface area is 341 Å². The van der Waals surface area contributed by atoms with Crippen LogP contribution in [-0.4, -0.2) is 18.7 Å². The summed E-state index contributed by atoms with van der Waals surface area (Å²) in [4.78, 5) is 5.01. The number of para-hydroxylation sites is 3. The molecule has 0 aliphatic heterocycles. The Bertz CT molecular complexity index is 2980. The van der Waals surface area contributed by atoms with Crippen LogP contribution < -0.4 is 0 Å². The van der Waals surface area contributed by atoms with Crippen molar-refractivity contribution < 1.29 is 21.1 Å². The zero-order valence-electron chi connectivity index (χ0n) is 31.0. The van der Waals surface area contributed by atoms with Gasteiger partial charge in [-0.25, -0.2) is 14.1 Å². The van der Waals surface area contributed by atoms with Crippen molar-refractivity contribution in [3.8, 4) is 22.6 Å². The second kappa shape index (κ2) is 14.4. The van der Waals surface area contributed by atoms with Crippen molar-refractivity contribution >= 4 is 32.8 Å². The number of pyridine rings is 1. The van der Waals surface area contributed by atoms with Gasteiger partial charge < -0.3 is 4.57 Å². The van der Waals surface area contributed by atoms with Crippen LogP contribution in [0.25, 0.3) is 55.5 Å². The molecule has 0 atom stereocenters. The molecule has 0 N–H and O–H groups in total. The first-order chi connectivity index (χ1) is 27.1. The summed E-state index contributed by atoms with van der Waals surface area (Å²) >= 11 is 0. The number of rotatable bonds is 7. The maximum absolute atomic E-state index is 5.01. The predicted octanol–water partition coefficient (Wildman–Crippen LogP) is 11.7. The fourth-order valence-electron chi connectivity index (χ4n) is 8.54. The van der Waals surface area contributed by atoms with Gasteiger partial charge in [0.05, 0.1) is 0 Å². The van der Waals surface area contributed by atoms with Gasteiger partial charge in [0.2, 0.25) is 0 Å². The van der Waals surface area contributed by atoms with Crippen LogP contribution in [0.4, 0.5) is 0 Å². The summed E-state index contributed by atoms with van der Waals surface area (Å²) in [6.45, 7) is 2.16. The second-order valence-corrected chi connectivity index (χ2v) is 14.2. The molecule has 0 saturated carbocycles. The van der Waals surface area contributed by atoms with Gasteiger partial charge in [0.15, 0.2) is 17.4 Å². The second-order valence-electron chi connectivity index (χ2n) is 14.2. The maximum Gasteiger partial charge on any atom is 0.188 e. The first-order valence-electron chi connectivity index (χ1n) is 18.7. The van der Waals surface area contributed by atoms with Crippen LogP contribution in [-0.2, 0) is 33.5 Å². The van der Waals surface area contributed by atoms with Crippen molar-refractivity contribution in [2.75, 3.05) is 0 Å². The van der Waals surface area contributed by atoms with Crippen LogP contribution in [0.5, 0.6) is 0 Å². The number of aryl methyl sites for hydroxylation is 2. The summed E-state index contributed by atoms with van der Waals surface area (Å²) < 4.78 is 6.68. The average Bonchev–Trinajstić information content (AvgIpc) is 3.76. The van der Waals surface area contributed by atoms with Crippen LogP contribution in [0, 0.1) is 19.1 Å². The third kappa shape index (κ3) is 5.63. The zero-order chi connectivity index (χ0) is 36.9. The predicted molar refractivity (Wildman–Crippen MR) is 225 cm³/mol. The van der Waals surface area contributed by atoms with Crippen LogP contribution in [0.1, 0.15) is 27.8 Å². The van der Waals surface area contributed by atoms with E-state index in [1.165, 1.54) is 11.1 Å². The zero-order valence-corrected chi connectivity index (χ0v) is 33.3. The number of nitrogens with zero attached hydrogens (tertiary/aromatic N) is 4. The molecule has 7 aromatic carbocycles. The van der Waals surface area contributed by atoms with E-state index in [1.807, 2.05) is 6.20 Å². The molecule has 4 nitrogen and oxygen atoms in total. The van der Waals surface area contributed by atoms with Gasteiger partial charge in [0.25, 0.3) is 0 Å². The van der Waals surface area contributed by atoms with Crippen molar-refractivity contribution in [2.45, 2.75) is 12.3 Å². The molecular weight excluding hydrogens is 864 g/mol. The molecule has 56 heavy (non-hydrogen) atoms. The Balaban J connectivity index is 0.00000410. The summed E-state index contributed by atoms with van der Waals surface area (Å²) in [5.74, 6) is 0.853. The SMILES string of the molecule is Cc1ccccc1-c1ccnc(-n2c3[c-]c(C(c4[c-]c(-n5[cH+]n(C)c6ccccc65)ccc4)(c4ccccc4)c4ccccc4)ccc3c3ccccc32)c1.[Pt]. The first kappa shape index (κ1) is 35.4. The molecule has 10 aromatic rings. The Hall–Kier alpha value is -6.35. The van der Waals surface area contributed by atoms with Crippen LogP contribution in [0.2, 0.25) is 0 Å². The molecule has 0 unspecified atom stereocenters. The van der Waals surface area contributed by atoms with E-state index in [1.54, 1.807) is 0 Å². The molecule has 0 saturated heterocycles. The van der Waals surface area contributed by atoms with Gasteiger partial charge in [-0.3, -0.25) is 0 Å². The largest absolute Gasteiger partial charge is 0.319 e. The standard InChI is InChI=1S/C51H37N4.Pt/c1-36-16-9-10-23-43(36)37-30-31-52-50(32-37)55-46-25-12-11-24-44(46)45-29-28-41(34-49(45)55)51(38-17-5-3-6-18-38,39-19-7-4-8-20-39)40-21-15-22-42(33-40)54-35-53(2)47-26-13-14-27-48(47)54;/h3-32,35H,1-2H3;/q-1;. The number of hydrogen-bond acceptors (Lipinski definition) is 1. The minimum absolute atomic E-state index is 0. The van der Waals surface area contributed by atoms with Crippen molar-refractivity contribution in [2.24, 2.45) is 7.05 Å². The van der Waals surface area contributed by atoms with Crippen molar-refractivity contribution in [1.82, 2.24) is 18.7 Å². The van der Waals surface area contributed by atoms with Gasteiger partial charge in [0.1, 0.15) is 5.82 Å². The molecular formula is C51H37N4Pt-. The van der Waals surface area contributed by atoms with Gasteiger partial charge in [-0.05, 0) is 70.5 Å². The Morgan fingerprint density at radius 1 is 0.571 bits per heavy atom. The van der Waals surface area contributed by atoms with E-state index in [0.29, 0.717) is 0 Å². The molecule has 0 spiro atoms. The Morgan fingerprint density at radius 2 is 1.21 bits per heavy atom. The van der Waals surface area contributed by atoms with E-state index in [0.717, 1.165) is 72.2 Å². The summed E-state index contributed by atoms with van der Waals surface area (Å²) in [7, 11) is 2.09. The monoisotopic (exact) mass is 900 g/mol. The minimum atomic E-state index is -0.768. The molecule has 5 heteroatoms. The fourth-order valence-corrected chi connectivity index (χ4v) is 8.54. The van der Waals surface area contributed by atoms with Crippen molar-refractivity contribution in [3.05, 3.63) is 228 Å². The number of hydrogen-bond donors (Lipinski definition) is 0. The molecule has 0 bridgehead atoms. The van der Waals surface area contributed by atoms with Crippen molar-refractivity contribution in [3.63, 3.8) is 0 Å². The Morgan fingerprint density at radius 3 is 1.96 bits per heavy atom. The average molecular weight is 901 g/mol. The number of imidazole rings is 1. The normalized spacial score (nSPS) is 11.6. The summed E-state index contributed by atoms with van der Waals surface area (Å²) in [6, 6.07) is 70.7. The van der Waals surface area contributed by atoms with Crippen LogP contribution in [0.15, 0.2) is 188 Å². The van der Waals surface area contributed by atoms with E-state index in [-0.39, 0.29) is 21.1 Å². The fraction of sp³-hybridized carbons (Fsp3) is 0.0588. The summed E-state index contributed by atoms with van der Waals surface area (Å²) in [6.07, 6.45) is 4.06. The summed E-state index contributed by atoms with van der Waals surface area (Å²) in [5, 5.41) is 2.29. The van der Waals surface area contributed by atoms with E-state index < -0.39 is 5.41 Å². The van der Waals surface area contributed by atoms with Gasteiger partial charge in [-0.2, -0.15) is 30.3 Å². The third-order valence-corrected chi connectivity index (χ3v) is 11.1. The van der Waals surface area contributed by atoms with Gasteiger partial charge in [0, 0.05) is 63.1 Å². The number of fused-ring (bicyclic) bond motifs is 4. The smallest absolute Gasteiger partial charge is 0.188 e. The number of aromatic nitrogens is 4. The third-order valence-electron chi connectivity index (χ3n) is 11.1. The molecule has 0 amide bonds. The van der Waals surface area contributed by atoms with E-state index in [2.05, 4.69) is 222 Å². The Kier molecular flexibility index (Phi) is 9.08. The molecule has 3 aromatic heterocycles.